The van der Waals surface area contributed by atoms with Crippen molar-refractivity contribution in [1.82, 2.24) is 5.43 Å². The predicted octanol–water partition coefficient (Wildman–Crippen LogP) is 6.37. The summed E-state index contributed by atoms with van der Waals surface area (Å²) in [6, 6.07) is 14.7. The first-order chi connectivity index (χ1) is 16.8. The topological polar surface area (TPSA) is 89.0 Å². The minimum atomic E-state index is -0.984. The molecular weight excluding hydrogens is 536 g/mol. The lowest BCUT2D eigenvalue weighted by molar-refractivity contribution is -0.136. The Balaban J connectivity index is 1.62. The molecule has 0 saturated carbocycles. The van der Waals surface area contributed by atoms with Crippen LogP contribution in [-0.2, 0) is 16.2 Å². The molecule has 3 aromatic rings. The van der Waals surface area contributed by atoms with E-state index in [0.717, 1.165) is 5.56 Å². The number of halogens is 4. The van der Waals surface area contributed by atoms with Crippen molar-refractivity contribution in [3.63, 3.8) is 0 Å². The monoisotopic (exact) mass is 553 g/mol. The SMILES string of the molecule is CCOc1cc(/C=N/NC(=O)C(=O)Nc2cc(Cl)ccc2Cl)ccc1OCc1ccc(Cl)cc1Cl. The van der Waals surface area contributed by atoms with Crippen molar-refractivity contribution in [3.8, 4) is 11.5 Å². The molecule has 0 unspecified atom stereocenters. The third-order valence-electron chi connectivity index (χ3n) is 4.43. The summed E-state index contributed by atoms with van der Waals surface area (Å²) in [5.74, 6) is -0.967. The molecule has 2 amide bonds. The van der Waals surface area contributed by atoms with E-state index in [2.05, 4.69) is 15.8 Å². The van der Waals surface area contributed by atoms with Gasteiger partial charge < -0.3 is 14.8 Å². The number of ether oxygens (including phenoxy) is 2. The van der Waals surface area contributed by atoms with E-state index < -0.39 is 11.8 Å². The van der Waals surface area contributed by atoms with Crippen molar-refractivity contribution < 1.29 is 19.1 Å². The van der Waals surface area contributed by atoms with Crippen LogP contribution in [0.4, 0.5) is 5.69 Å². The van der Waals surface area contributed by atoms with Gasteiger partial charge in [0.05, 0.1) is 23.5 Å². The molecule has 0 radical (unpaired) electrons. The molecule has 11 heteroatoms. The summed E-state index contributed by atoms with van der Waals surface area (Å²) in [7, 11) is 0. The van der Waals surface area contributed by atoms with Crippen LogP contribution in [0.1, 0.15) is 18.1 Å². The maximum atomic E-state index is 12.1. The van der Waals surface area contributed by atoms with E-state index in [9.17, 15) is 9.59 Å². The van der Waals surface area contributed by atoms with Gasteiger partial charge in [-0.3, -0.25) is 9.59 Å². The summed E-state index contributed by atoms with van der Waals surface area (Å²) in [6.45, 7) is 2.46. The zero-order valence-corrected chi connectivity index (χ0v) is 21.3. The van der Waals surface area contributed by atoms with Crippen LogP contribution in [0.5, 0.6) is 11.5 Å². The van der Waals surface area contributed by atoms with Gasteiger partial charge in [0.1, 0.15) is 6.61 Å². The van der Waals surface area contributed by atoms with Gasteiger partial charge >= 0.3 is 11.8 Å². The first-order valence-corrected chi connectivity index (χ1v) is 11.7. The van der Waals surface area contributed by atoms with Crippen molar-refractivity contribution in [3.05, 3.63) is 85.8 Å². The van der Waals surface area contributed by atoms with Gasteiger partial charge in [-0.05, 0) is 61.0 Å². The average Bonchev–Trinajstić information content (AvgIpc) is 2.82. The fourth-order valence-electron chi connectivity index (χ4n) is 2.78. The van der Waals surface area contributed by atoms with Crippen LogP contribution in [0.25, 0.3) is 0 Å². The second-order valence-corrected chi connectivity index (χ2v) is 8.63. The number of amides is 2. The Bertz CT molecular complexity index is 1270. The Morgan fingerprint density at radius 3 is 2.34 bits per heavy atom. The number of benzene rings is 3. The molecule has 0 aliphatic rings. The van der Waals surface area contributed by atoms with Gasteiger partial charge in [0.25, 0.3) is 0 Å². The summed E-state index contributed by atoms with van der Waals surface area (Å²) < 4.78 is 11.5. The van der Waals surface area contributed by atoms with Crippen molar-refractivity contribution in [2.75, 3.05) is 11.9 Å². The highest BCUT2D eigenvalue weighted by Gasteiger charge is 2.15. The molecule has 0 saturated heterocycles. The molecular formula is C24H19Cl4N3O4. The highest BCUT2D eigenvalue weighted by molar-refractivity contribution is 6.42. The first-order valence-electron chi connectivity index (χ1n) is 10.2. The average molecular weight is 555 g/mol. The van der Waals surface area contributed by atoms with Crippen LogP contribution >= 0.6 is 46.4 Å². The minimum absolute atomic E-state index is 0.208. The number of hydrazone groups is 1. The van der Waals surface area contributed by atoms with Gasteiger partial charge in [-0.2, -0.15) is 5.10 Å². The molecule has 182 valence electrons. The van der Waals surface area contributed by atoms with Gasteiger partial charge in [0.2, 0.25) is 0 Å². The second-order valence-electron chi connectivity index (χ2n) is 6.94. The van der Waals surface area contributed by atoms with Crippen molar-refractivity contribution >= 4 is 70.1 Å². The molecule has 0 spiro atoms. The van der Waals surface area contributed by atoms with E-state index >= 15 is 0 Å². The molecule has 0 fully saturated rings. The molecule has 0 heterocycles. The third kappa shape index (κ3) is 7.77. The third-order valence-corrected chi connectivity index (χ3v) is 5.58. The first kappa shape index (κ1) is 26.6. The zero-order chi connectivity index (χ0) is 25.4. The van der Waals surface area contributed by atoms with Gasteiger partial charge in [-0.25, -0.2) is 5.43 Å². The molecule has 0 bridgehead atoms. The fraction of sp³-hybridized carbons (Fsp3) is 0.125. The van der Waals surface area contributed by atoms with Crippen LogP contribution in [0, 0.1) is 0 Å². The number of nitrogens with one attached hydrogen (secondary N) is 2. The molecule has 2 N–H and O–H groups in total. The van der Waals surface area contributed by atoms with E-state index in [1.807, 2.05) is 6.92 Å². The molecule has 0 aliphatic heterocycles. The Morgan fingerprint density at radius 1 is 0.857 bits per heavy atom. The van der Waals surface area contributed by atoms with E-state index in [1.165, 1.54) is 18.3 Å². The van der Waals surface area contributed by atoms with E-state index in [0.29, 0.717) is 38.7 Å². The van der Waals surface area contributed by atoms with Gasteiger partial charge in [0, 0.05) is 20.6 Å². The normalized spacial score (nSPS) is 10.8. The lowest BCUT2D eigenvalue weighted by Crippen LogP contribution is -2.32. The highest BCUT2D eigenvalue weighted by Crippen LogP contribution is 2.30. The molecule has 0 atom stereocenters. The maximum Gasteiger partial charge on any atom is 0.329 e. The van der Waals surface area contributed by atoms with E-state index in [1.54, 1.807) is 42.5 Å². The number of nitrogens with zero attached hydrogens (tertiary/aromatic N) is 1. The van der Waals surface area contributed by atoms with Gasteiger partial charge in [-0.1, -0.05) is 52.5 Å². The number of anilines is 1. The highest BCUT2D eigenvalue weighted by atomic mass is 35.5. The van der Waals surface area contributed by atoms with E-state index in [4.69, 9.17) is 55.9 Å². The Hall–Kier alpha value is -2.97. The summed E-state index contributed by atoms with van der Waals surface area (Å²) in [6.07, 6.45) is 1.36. The Kier molecular flexibility index (Phi) is 9.63. The fourth-order valence-corrected chi connectivity index (χ4v) is 3.58. The lowest BCUT2D eigenvalue weighted by Gasteiger charge is -2.13. The molecule has 35 heavy (non-hydrogen) atoms. The summed E-state index contributed by atoms with van der Waals surface area (Å²) in [4.78, 5) is 24.1. The van der Waals surface area contributed by atoms with E-state index in [-0.39, 0.29) is 17.3 Å². The molecule has 7 nitrogen and oxygen atoms in total. The minimum Gasteiger partial charge on any atom is -0.490 e. The Morgan fingerprint density at radius 2 is 1.60 bits per heavy atom. The maximum absolute atomic E-state index is 12.1. The van der Waals surface area contributed by atoms with Crippen LogP contribution in [0.15, 0.2) is 59.7 Å². The largest absolute Gasteiger partial charge is 0.490 e. The molecule has 3 aromatic carbocycles. The molecule has 3 rings (SSSR count). The summed E-state index contributed by atoms with van der Waals surface area (Å²) in [5, 5.41) is 7.82. The van der Waals surface area contributed by atoms with Crippen molar-refractivity contribution in [2.45, 2.75) is 13.5 Å². The molecule has 0 aliphatic carbocycles. The summed E-state index contributed by atoms with van der Waals surface area (Å²) >= 11 is 24.0. The number of rotatable bonds is 8. The summed E-state index contributed by atoms with van der Waals surface area (Å²) in [5.41, 5.74) is 3.73. The standard InChI is InChI=1S/C24H19Cl4N3O4/c1-2-34-22-9-14(3-8-21(22)35-13-15-4-5-16(25)10-19(15)28)12-29-31-24(33)23(32)30-20-11-17(26)6-7-18(20)27/h3-12H,2,13H2,1H3,(H,30,32)(H,31,33)/b29-12+. The van der Waals surface area contributed by atoms with Crippen LogP contribution in [-0.4, -0.2) is 24.6 Å². The van der Waals surface area contributed by atoms with Crippen LogP contribution in [0.3, 0.4) is 0 Å². The quantitative estimate of drug-likeness (QED) is 0.192. The predicted molar refractivity (Wildman–Crippen MR) is 139 cm³/mol. The number of carbonyl (C=O) groups excluding carboxylic acids is 2. The van der Waals surface area contributed by atoms with Crippen molar-refractivity contribution in [1.29, 1.82) is 0 Å². The zero-order valence-electron chi connectivity index (χ0n) is 18.3. The molecule has 0 aromatic heterocycles. The lowest BCUT2D eigenvalue weighted by atomic mass is 10.2. The van der Waals surface area contributed by atoms with Crippen molar-refractivity contribution in [2.24, 2.45) is 5.10 Å². The smallest absolute Gasteiger partial charge is 0.329 e. The number of hydrogen-bond donors (Lipinski definition) is 2. The number of carbonyl (C=O) groups is 2. The van der Waals surface area contributed by atoms with Gasteiger partial charge in [-0.15, -0.1) is 0 Å². The van der Waals surface area contributed by atoms with Crippen LogP contribution in [0.2, 0.25) is 20.1 Å². The second kappa shape index (κ2) is 12.7. The van der Waals surface area contributed by atoms with Gasteiger partial charge in [0.15, 0.2) is 11.5 Å². The van der Waals surface area contributed by atoms with Crippen LogP contribution < -0.4 is 20.2 Å². The Labute approximate surface area is 221 Å². The number of hydrogen-bond acceptors (Lipinski definition) is 5.